The Hall–Kier alpha value is -4.46. The topological polar surface area (TPSA) is 0 Å². The highest BCUT2D eigenvalue weighted by atomic mass is 19.2. The van der Waals surface area contributed by atoms with Crippen LogP contribution in [0.2, 0.25) is 0 Å². The van der Waals surface area contributed by atoms with E-state index < -0.39 is 133 Å². The van der Waals surface area contributed by atoms with Gasteiger partial charge in [-0.2, -0.15) is 16.4 Å². The maximum Gasteiger partial charge on any atom is 0.200 e. The van der Waals surface area contributed by atoms with Crippen molar-refractivity contribution in [3.05, 3.63) is 117 Å². The predicted molar refractivity (Wildman–Crippen MR) is 119 cm³/mol. The van der Waals surface area contributed by atoms with E-state index in [9.17, 15) is 48.3 Å². The highest BCUT2D eigenvalue weighted by Gasteiger charge is 2.46. The lowest BCUT2D eigenvalue weighted by molar-refractivity contribution is 0.383. The van der Waals surface area contributed by atoms with Gasteiger partial charge in [-0.15, -0.1) is 5.46 Å². The summed E-state index contributed by atoms with van der Waals surface area (Å²) in [5.74, 6) is -45.5. The maximum absolute atomic E-state index is 15.3. The van der Waals surface area contributed by atoms with Crippen molar-refractivity contribution in [1.29, 1.82) is 0 Å². The summed E-state index contributed by atoms with van der Waals surface area (Å²) in [4.78, 5) is 0. The Bertz CT molecular complexity index is 1680. The Balaban J connectivity index is 0.00000484. The van der Waals surface area contributed by atoms with Crippen LogP contribution in [0.15, 0.2) is 24.3 Å². The van der Waals surface area contributed by atoms with Crippen LogP contribution in [0.4, 0.5) is 89.1 Å². The smallest absolute Gasteiger partial charge is 0.200 e. The van der Waals surface area contributed by atoms with Crippen molar-refractivity contribution in [3.8, 4) is 0 Å². The summed E-state index contributed by atoms with van der Waals surface area (Å²) in [5, 5.41) is 0. The average Bonchev–Trinajstić information content (AvgIpc) is 2.94. The third-order valence-corrected chi connectivity index (χ3v) is 6.40. The molecule has 0 aliphatic heterocycles. The highest BCUT2D eigenvalue weighted by Crippen LogP contribution is 2.27. The van der Waals surface area contributed by atoms with Crippen molar-refractivity contribution in [1.82, 2.24) is 0 Å². The molecule has 0 aliphatic carbocycles. The Kier molecular flexibility index (Phi) is 12.3. The van der Waals surface area contributed by atoms with Crippen LogP contribution in [0.5, 0.6) is 0 Å². The van der Waals surface area contributed by atoms with Gasteiger partial charge in [0, 0.05) is 0 Å². The molecule has 0 fully saturated rings. The molecule has 0 nitrogen and oxygen atoms in total. The van der Waals surface area contributed by atoms with Crippen LogP contribution in [0.25, 0.3) is 0 Å². The molecular formula is C24H8BF20-. The van der Waals surface area contributed by atoms with E-state index in [4.69, 9.17) is 0 Å². The van der Waals surface area contributed by atoms with E-state index >= 15 is 22.0 Å². The lowest BCUT2D eigenvalue weighted by atomic mass is 9.12. The average molecular weight is 687 g/mol. The van der Waals surface area contributed by atoms with Gasteiger partial charge in [0.1, 0.15) is 35.2 Å². The van der Waals surface area contributed by atoms with E-state index in [2.05, 4.69) is 0 Å². The van der Waals surface area contributed by atoms with Crippen molar-refractivity contribution >= 4 is 28.0 Å². The van der Waals surface area contributed by atoms with Gasteiger partial charge in [0.05, 0.1) is 0 Å². The fourth-order valence-corrected chi connectivity index (χ4v) is 4.66. The Morgan fingerprint density at radius 3 is 0.956 bits per heavy atom. The van der Waals surface area contributed by atoms with Crippen LogP contribution in [0.3, 0.4) is 0 Å². The first-order valence-corrected chi connectivity index (χ1v) is 10.5. The zero-order valence-electron chi connectivity index (χ0n) is 20.6. The highest BCUT2D eigenvalue weighted by molar-refractivity contribution is 7.20. The summed E-state index contributed by atoms with van der Waals surface area (Å²) < 4.78 is 233. The van der Waals surface area contributed by atoms with Crippen molar-refractivity contribution < 1.29 is 89.1 Å². The van der Waals surface area contributed by atoms with Crippen molar-refractivity contribution in [2.45, 2.75) is 0 Å². The monoisotopic (exact) mass is 687 g/mol. The molecule has 0 aliphatic rings. The largest absolute Gasteiger partial charge is 0.269 e. The number of hydrogen-bond acceptors (Lipinski definition) is 0. The first-order valence-electron chi connectivity index (χ1n) is 10.5. The van der Waals surface area contributed by atoms with E-state index in [0.29, 0.717) is 0 Å². The van der Waals surface area contributed by atoms with Gasteiger partial charge in [-0.05, 0) is 6.07 Å². The van der Waals surface area contributed by atoms with Crippen LogP contribution >= 0.6 is 0 Å². The Morgan fingerprint density at radius 2 is 0.578 bits per heavy atom. The van der Waals surface area contributed by atoms with Crippen LogP contribution in [0, 0.1) is 93.1 Å². The molecular weight excluding hydrogens is 679 g/mol. The minimum absolute atomic E-state index is 0. The molecule has 0 N–H and O–H groups in total. The molecule has 0 amide bonds. The molecule has 4 aromatic rings. The number of halogens is 20. The number of rotatable bonds is 4. The second-order valence-electron chi connectivity index (χ2n) is 8.39. The molecule has 4 rings (SSSR count). The SMILES string of the molecule is F.F.F.F.Fc1ccc([B-](c2cc(F)c(F)c(F)c2F)(c2cc(F)c(F)c(F)c2F)c2c(F)c(F)c(F)c(F)c2F)c(F)c1F. The summed E-state index contributed by atoms with van der Waals surface area (Å²) in [6.07, 6.45) is -5.76. The lowest BCUT2D eigenvalue weighted by Gasteiger charge is -2.44. The van der Waals surface area contributed by atoms with Crippen molar-refractivity contribution in [3.63, 3.8) is 0 Å². The molecule has 0 radical (unpaired) electrons. The molecule has 0 saturated carbocycles. The molecule has 0 aromatic heterocycles. The molecule has 0 spiro atoms. The molecule has 45 heavy (non-hydrogen) atoms. The van der Waals surface area contributed by atoms with Gasteiger partial charge in [0.15, 0.2) is 64.0 Å². The van der Waals surface area contributed by atoms with Crippen LogP contribution in [-0.2, 0) is 0 Å². The van der Waals surface area contributed by atoms with E-state index in [1.165, 1.54) is 0 Å². The number of hydrogen-bond donors (Lipinski definition) is 0. The summed E-state index contributed by atoms with van der Waals surface area (Å²) in [6, 6.07) is -1.70. The van der Waals surface area contributed by atoms with E-state index in [1.807, 2.05) is 0 Å². The van der Waals surface area contributed by atoms with E-state index in [1.54, 1.807) is 0 Å². The van der Waals surface area contributed by atoms with Gasteiger partial charge in [0.2, 0.25) is 0 Å². The third kappa shape index (κ3) is 5.51. The van der Waals surface area contributed by atoms with E-state index in [-0.39, 0.29) is 31.0 Å². The predicted octanol–water partition coefficient (Wildman–Crippen LogP) is 5.90. The van der Waals surface area contributed by atoms with Crippen LogP contribution in [0.1, 0.15) is 0 Å². The summed E-state index contributed by atoms with van der Waals surface area (Å²) in [6.45, 7) is 0. The fourth-order valence-electron chi connectivity index (χ4n) is 4.66. The zero-order chi connectivity index (χ0) is 30.9. The second kappa shape index (κ2) is 13.7. The normalized spacial score (nSPS) is 10.8. The quantitative estimate of drug-likeness (QED) is 0.109. The second-order valence-corrected chi connectivity index (χ2v) is 8.39. The molecule has 0 unspecified atom stereocenters. The fraction of sp³-hybridized carbons (Fsp3) is 0. The van der Waals surface area contributed by atoms with Gasteiger partial charge < -0.3 is 0 Å². The van der Waals surface area contributed by atoms with Gasteiger partial charge in [-0.25, -0.2) is 70.2 Å². The summed E-state index contributed by atoms with van der Waals surface area (Å²) in [7, 11) is 0. The first kappa shape index (κ1) is 40.5. The minimum atomic E-state index is -5.76. The molecule has 248 valence electrons. The maximum atomic E-state index is 15.3. The molecule has 21 heteroatoms. The first-order chi connectivity index (χ1) is 19.0. The summed E-state index contributed by atoms with van der Waals surface area (Å²) >= 11 is 0. The van der Waals surface area contributed by atoms with Gasteiger partial charge >= 0.3 is 0 Å². The summed E-state index contributed by atoms with van der Waals surface area (Å²) in [5.41, 5.74) is -9.53. The lowest BCUT2D eigenvalue weighted by Crippen LogP contribution is -2.79. The Morgan fingerprint density at radius 1 is 0.289 bits per heavy atom. The molecule has 0 bridgehead atoms. The minimum Gasteiger partial charge on any atom is -0.269 e. The molecule has 0 saturated heterocycles. The van der Waals surface area contributed by atoms with Gasteiger partial charge in [-0.1, -0.05) is 18.2 Å². The standard InChI is InChI=1S/C24H4BF16.4FH/c26-8-2-1-5(12(29)15(8)32)25(6-3-9(27)16(33)20(37)13(6)30,7-4-10(28)17(34)21(38)14(7)31)11-18(35)22(39)24(41)23(40)19(11)36;;;;/h1-4H;4*1H/q-1;;;;. The third-order valence-electron chi connectivity index (χ3n) is 6.40. The number of benzene rings is 4. The van der Waals surface area contributed by atoms with Gasteiger partial charge in [0.25, 0.3) is 0 Å². The molecule has 0 heterocycles. The van der Waals surface area contributed by atoms with Crippen LogP contribution < -0.4 is 21.9 Å². The molecule has 4 aromatic carbocycles. The van der Waals surface area contributed by atoms with Gasteiger partial charge in [-0.3, -0.25) is 18.8 Å². The Labute approximate surface area is 235 Å². The zero-order valence-corrected chi connectivity index (χ0v) is 20.6. The molecule has 0 atom stereocenters. The van der Waals surface area contributed by atoms with Crippen LogP contribution in [-0.4, -0.2) is 6.15 Å². The van der Waals surface area contributed by atoms with E-state index in [0.717, 1.165) is 0 Å². The van der Waals surface area contributed by atoms with Crippen molar-refractivity contribution in [2.75, 3.05) is 0 Å². The van der Waals surface area contributed by atoms with Crippen molar-refractivity contribution in [2.24, 2.45) is 0 Å².